The quantitative estimate of drug-likeness (QED) is 0.797. The average molecular weight is 245 g/mol. The molecule has 7 heteroatoms. The van der Waals surface area contributed by atoms with E-state index in [0.29, 0.717) is 5.13 Å². The van der Waals surface area contributed by atoms with Crippen LogP contribution in [0.1, 0.15) is 0 Å². The number of ether oxygens (including phenoxy) is 1. The van der Waals surface area contributed by atoms with Crippen LogP contribution >= 0.6 is 11.3 Å². The number of hydrogen-bond acceptors (Lipinski definition) is 5. The second-order valence-corrected chi connectivity index (χ2v) is 4.15. The smallest absolute Gasteiger partial charge is 0.323 e. The van der Waals surface area contributed by atoms with Gasteiger partial charge in [0.05, 0.1) is 19.3 Å². The van der Waals surface area contributed by atoms with Crippen molar-refractivity contribution in [1.82, 2.24) is 9.88 Å². The van der Waals surface area contributed by atoms with Crippen molar-refractivity contribution in [2.75, 3.05) is 32.6 Å². The number of carbonyl (C=O) groups excluding carboxylic acids is 1. The molecule has 0 bridgehead atoms. The first-order chi connectivity index (χ1) is 7.63. The zero-order valence-electron chi connectivity index (χ0n) is 9.21. The number of carbonyl (C=O) groups is 1. The summed E-state index contributed by atoms with van der Waals surface area (Å²) in [5.41, 5.74) is 0. The van der Waals surface area contributed by atoms with Gasteiger partial charge in [0.25, 0.3) is 0 Å². The number of amides is 2. The molecule has 1 heterocycles. The van der Waals surface area contributed by atoms with Gasteiger partial charge in [0.15, 0.2) is 5.13 Å². The average Bonchev–Trinajstić information content (AvgIpc) is 2.70. The lowest BCUT2D eigenvalue weighted by atomic mass is 10.3. The minimum absolute atomic E-state index is 0.203. The predicted molar refractivity (Wildman–Crippen MR) is 61.6 cm³/mol. The number of methoxy groups -OCH3 is 1. The lowest BCUT2D eigenvalue weighted by molar-refractivity contribution is 0.0501. The van der Waals surface area contributed by atoms with E-state index in [0.717, 1.165) is 0 Å². The maximum absolute atomic E-state index is 11.6. The molecule has 6 nitrogen and oxygen atoms in total. The van der Waals surface area contributed by atoms with Crippen LogP contribution < -0.4 is 5.32 Å². The molecule has 1 aromatic heterocycles. The molecular formula is C9H15N3O3S. The lowest BCUT2D eigenvalue weighted by Gasteiger charge is -2.20. The Bertz CT molecular complexity index is 318. The maximum Gasteiger partial charge on any atom is 0.323 e. The minimum atomic E-state index is -0.683. The van der Waals surface area contributed by atoms with E-state index in [4.69, 9.17) is 4.74 Å². The van der Waals surface area contributed by atoms with Gasteiger partial charge in [-0.2, -0.15) is 0 Å². The van der Waals surface area contributed by atoms with E-state index in [2.05, 4.69) is 10.3 Å². The van der Waals surface area contributed by atoms with Gasteiger partial charge in [-0.15, -0.1) is 11.3 Å². The van der Waals surface area contributed by atoms with Crippen LogP contribution in [0.2, 0.25) is 0 Å². The molecule has 0 aromatic carbocycles. The summed E-state index contributed by atoms with van der Waals surface area (Å²) >= 11 is 1.34. The van der Waals surface area contributed by atoms with Crippen LogP contribution in [0.25, 0.3) is 0 Å². The number of urea groups is 1. The van der Waals surface area contributed by atoms with Crippen molar-refractivity contribution in [1.29, 1.82) is 0 Å². The summed E-state index contributed by atoms with van der Waals surface area (Å²) in [5, 5.41) is 14.4. The standard InChI is InChI=1S/C9H15N3O3S/c1-12(5-7(13)6-15-2)9(14)11-8-10-3-4-16-8/h3-4,7,13H,5-6H2,1-2H3,(H,10,11,14). The number of hydrogen-bond donors (Lipinski definition) is 2. The molecule has 0 radical (unpaired) electrons. The van der Waals surface area contributed by atoms with E-state index >= 15 is 0 Å². The Balaban J connectivity index is 2.36. The highest BCUT2D eigenvalue weighted by Crippen LogP contribution is 2.10. The molecule has 1 unspecified atom stereocenters. The van der Waals surface area contributed by atoms with Gasteiger partial charge in [-0.05, 0) is 0 Å². The number of rotatable bonds is 5. The number of aliphatic hydroxyl groups excluding tert-OH is 1. The molecule has 2 N–H and O–H groups in total. The summed E-state index contributed by atoms with van der Waals surface area (Å²) in [6.07, 6.45) is 0.928. The van der Waals surface area contributed by atoms with E-state index < -0.39 is 6.10 Å². The third-order valence-electron chi connectivity index (χ3n) is 1.84. The highest BCUT2D eigenvalue weighted by Gasteiger charge is 2.14. The van der Waals surface area contributed by atoms with Crippen LogP contribution in [0.4, 0.5) is 9.93 Å². The van der Waals surface area contributed by atoms with Gasteiger partial charge < -0.3 is 14.7 Å². The van der Waals surface area contributed by atoms with E-state index in [9.17, 15) is 9.90 Å². The fourth-order valence-electron chi connectivity index (χ4n) is 1.12. The second kappa shape index (κ2) is 6.41. The first-order valence-electron chi connectivity index (χ1n) is 4.72. The number of aliphatic hydroxyl groups is 1. The molecule has 0 spiro atoms. The van der Waals surface area contributed by atoms with Crippen molar-refractivity contribution >= 4 is 22.5 Å². The monoisotopic (exact) mass is 245 g/mol. The molecule has 0 saturated carbocycles. The topological polar surface area (TPSA) is 74.7 Å². The molecule has 0 aliphatic heterocycles. The fraction of sp³-hybridized carbons (Fsp3) is 0.556. The molecule has 0 fully saturated rings. The zero-order chi connectivity index (χ0) is 12.0. The van der Waals surface area contributed by atoms with E-state index in [1.54, 1.807) is 18.6 Å². The number of likely N-dealkylation sites (N-methyl/N-ethyl adjacent to an activating group) is 1. The van der Waals surface area contributed by atoms with Crippen LogP contribution in [0.5, 0.6) is 0 Å². The van der Waals surface area contributed by atoms with Crippen LogP contribution in [-0.2, 0) is 4.74 Å². The van der Waals surface area contributed by atoms with Crippen molar-refractivity contribution < 1.29 is 14.6 Å². The molecule has 0 saturated heterocycles. The molecule has 1 aromatic rings. The van der Waals surface area contributed by atoms with Gasteiger partial charge >= 0.3 is 6.03 Å². The first kappa shape index (κ1) is 12.9. The third kappa shape index (κ3) is 4.13. The molecule has 1 rings (SSSR count). The summed E-state index contributed by atoms with van der Waals surface area (Å²) in [7, 11) is 3.10. The van der Waals surface area contributed by atoms with Crippen LogP contribution in [0.15, 0.2) is 11.6 Å². The highest BCUT2D eigenvalue weighted by molar-refractivity contribution is 7.13. The maximum atomic E-state index is 11.6. The van der Waals surface area contributed by atoms with Gasteiger partial charge in [0.1, 0.15) is 0 Å². The number of aromatic nitrogens is 1. The predicted octanol–water partition coefficient (Wildman–Crippen LogP) is 0.614. The normalized spacial score (nSPS) is 12.2. The van der Waals surface area contributed by atoms with Crippen molar-refractivity contribution in [3.05, 3.63) is 11.6 Å². The SMILES string of the molecule is COCC(O)CN(C)C(=O)Nc1nccs1. The molecule has 16 heavy (non-hydrogen) atoms. The van der Waals surface area contributed by atoms with E-state index in [-0.39, 0.29) is 19.2 Å². The Kier molecular flexibility index (Phi) is 5.17. The highest BCUT2D eigenvalue weighted by atomic mass is 32.1. The number of nitrogens with one attached hydrogen (secondary N) is 1. The summed E-state index contributed by atoms with van der Waals surface area (Å²) in [5.74, 6) is 0. The summed E-state index contributed by atoms with van der Waals surface area (Å²) in [6, 6.07) is -0.301. The molecule has 1 atom stereocenters. The molecule has 90 valence electrons. The molecule has 2 amide bonds. The number of nitrogens with zero attached hydrogens (tertiary/aromatic N) is 2. The fourth-order valence-corrected chi connectivity index (χ4v) is 1.63. The van der Waals surface area contributed by atoms with Gasteiger partial charge in [0, 0.05) is 25.7 Å². The summed E-state index contributed by atoms with van der Waals surface area (Å²) in [6.45, 7) is 0.417. The molecule has 0 aliphatic rings. The van der Waals surface area contributed by atoms with E-state index in [1.165, 1.54) is 23.3 Å². The second-order valence-electron chi connectivity index (χ2n) is 3.26. The summed E-state index contributed by atoms with van der Waals surface area (Å²) in [4.78, 5) is 16.9. The Labute approximate surface area is 97.9 Å². The van der Waals surface area contributed by atoms with Crippen LogP contribution in [0.3, 0.4) is 0 Å². The van der Waals surface area contributed by atoms with Gasteiger partial charge in [0.2, 0.25) is 0 Å². The Morgan fingerprint density at radius 1 is 1.81 bits per heavy atom. The largest absolute Gasteiger partial charge is 0.389 e. The van der Waals surface area contributed by atoms with E-state index in [1.807, 2.05) is 0 Å². The van der Waals surface area contributed by atoms with Crippen molar-refractivity contribution in [2.24, 2.45) is 0 Å². The van der Waals surface area contributed by atoms with Gasteiger partial charge in [-0.1, -0.05) is 0 Å². The first-order valence-corrected chi connectivity index (χ1v) is 5.60. The van der Waals surface area contributed by atoms with Crippen molar-refractivity contribution in [2.45, 2.75) is 6.10 Å². The van der Waals surface area contributed by atoms with Crippen LogP contribution in [0, 0.1) is 0 Å². The molecule has 0 aliphatic carbocycles. The Morgan fingerprint density at radius 2 is 2.56 bits per heavy atom. The number of anilines is 1. The number of thiazole rings is 1. The summed E-state index contributed by atoms with van der Waals surface area (Å²) < 4.78 is 4.77. The van der Waals surface area contributed by atoms with Crippen molar-refractivity contribution in [3.8, 4) is 0 Å². The van der Waals surface area contributed by atoms with Gasteiger partial charge in [-0.3, -0.25) is 5.32 Å². The van der Waals surface area contributed by atoms with Gasteiger partial charge in [-0.25, -0.2) is 9.78 Å². The lowest BCUT2D eigenvalue weighted by Crippen LogP contribution is -2.38. The van der Waals surface area contributed by atoms with Crippen LogP contribution in [-0.4, -0.2) is 54.4 Å². The van der Waals surface area contributed by atoms with Crippen molar-refractivity contribution in [3.63, 3.8) is 0 Å². The Hall–Kier alpha value is -1.18. The Morgan fingerprint density at radius 3 is 3.12 bits per heavy atom. The third-order valence-corrected chi connectivity index (χ3v) is 2.53. The zero-order valence-corrected chi connectivity index (χ0v) is 10.0. The molecular weight excluding hydrogens is 230 g/mol. The minimum Gasteiger partial charge on any atom is -0.389 e.